The second kappa shape index (κ2) is 4.86. The third-order valence-electron chi connectivity index (χ3n) is 2.44. The van der Waals surface area contributed by atoms with Crippen LogP contribution in [0.2, 0.25) is 0 Å². The quantitative estimate of drug-likeness (QED) is 0.738. The van der Waals surface area contributed by atoms with E-state index in [9.17, 15) is 14.7 Å². The lowest BCUT2D eigenvalue weighted by molar-refractivity contribution is -0.141. The maximum atomic E-state index is 11.1. The van der Waals surface area contributed by atoms with Gasteiger partial charge in [0.1, 0.15) is 5.75 Å². The number of benzene rings is 1. The number of carboxylic acids is 1. The number of phenols is 1. The first-order valence-corrected chi connectivity index (χ1v) is 5.13. The van der Waals surface area contributed by atoms with Gasteiger partial charge >= 0.3 is 5.97 Å². The number of hydrogen-bond donors (Lipinski definition) is 3. The molecule has 1 unspecified atom stereocenters. The lowest BCUT2D eigenvalue weighted by Gasteiger charge is -2.15. The molecule has 1 aromatic carbocycles. The zero-order valence-electron chi connectivity index (χ0n) is 9.94. The van der Waals surface area contributed by atoms with Crippen LogP contribution in [0.25, 0.3) is 0 Å². The summed E-state index contributed by atoms with van der Waals surface area (Å²) in [6, 6.07) is 2.01. The first-order chi connectivity index (χ1) is 7.82. The highest BCUT2D eigenvalue weighted by Gasteiger charge is 2.21. The van der Waals surface area contributed by atoms with E-state index >= 15 is 0 Å². The van der Waals surface area contributed by atoms with Crippen LogP contribution in [0.1, 0.15) is 29.7 Å². The number of aryl methyl sites for hydroxylation is 2. The largest absolute Gasteiger partial charge is 0.507 e. The van der Waals surface area contributed by atoms with E-state index in [1.54, 1.807) is 26.0 Å². The number of hydrogen-bond acceptors (Lipinski definition) is 3. The molecule has 0 fully saturated rings. The number of rotatable bonds is 3. The van der Waals surface area contributed by atoms with Gasteiger partial charge in [0.25, 0.3) is 0 Å². The molecule has 1 atom stereocenters. The first kappa shape index (κ1) is 13.0. The van der Waals surface area contributed by atoms with Crippen LogP contribution < -0.4 is 5.32 Å². The van der Waals surface area contributed by atoms with E-state index in [0.717, 1.165) is 0 Å². The Bertz CT molecular complexity index is 445. The van der Waals surface area contributed by atoms with Gasteiger partial charge in [-0.25, -0.2) is 4.79 Å². The normalized spacial score (nSPS) is 11.9. The van der Waals surface area contributed by atoms with Gasteiger partial charge < -0.3 is 15.5 Å². The number of nitrogens with one attached hydrogen (secondary N) is 1. The summed E-state index contributed by atoms with van der Waals surface area (Å²) in [6.07, 6.45) is 0. The van der Waals surface area contributed by atoms with E-state index < -0.39 is 17.9 Å². The van der Waals surface area contributed by atoms with Gasteiger partial charge in [-0.1, -0.05) is 0 Å². The van der Waals surface area contributed by atoms with Gasteiger partial charge in [-0.3, -0.25) is 4.79 Å². The van der Waals surface area contributed by atoms with Crippen LogP contribution >= 0.6 is 0 Å². The number of carboxylic acid groups (broad SMARTS) is 1. The Morgan fingerprint density at radius 1 is 1.24 bits per heavy atom. The van der Waals surface area contributed by atoms with Crippen molar-refractivity contribution in [3.63, 3.8) is 0 Å². The molecule has 92 valence electrons. The summed E-state index contributed by atoms with van der Waals surface area (Å²) in [4.78, 5) is 22.0. The van der Waals surface area contributed by atoms with Crippen LogP contribution in [-0.4, -0.2) is 22.1 Å². The van der Waals surface area contributed by atoms with E-state index in [1.165, 1.54) is 6.92 Å². The van der Waals surface area contributed by atoms with Crippen molar-refractivity contribution in [1.29, 1.82) is 0 Å². The molecule has 17 heavy (non-hydrogen) atoms. The molecule has 3 N–H and O–H groups in total. The molecule has 0 heterocycles. The van der Waals surface area contributed by atoms with E-state index in [-0.39, 0.29) is 5.75 Å². The number of carbonyl (C=O) groups is 2. The van der Waals surface area contributed by atoms with Crippen LogP contribution in [0.15, 0.2) is 12.1 Å². The fourth-order valence-corrected chi connectivity index (χ4v) is 1.65. The molecule has 1 amide bonds. The molecule has 0 saturated carbocycles. The van der Waals surface area contributed by atoms with Crippen molar-refractivity contribution in [3.05, 3.63) is 28.8 Å². The number of aliphatic carboxylic acids is 1. The molecule has 1 aromatic rings. The summed E-state index contributed by atoms with van der Waals surface area (Å²) in [5, 5.41) is 21.0. The Hall–Kier alpha value is -2.04. The number of amides is 1. The van der Waals surface area contributed by atoms with Crippen LogP contribution in [0.3, 0.4) is 0 Å². The minimum Gasteiger partial charge on any atom is -0.507 e. The molecule has 0 aliphatic heterocycles. The second-order valence-electron chi connectivity index (χ2n) is 3.98. The molecular formula is C12H15NO4. The fourth-order valence-electron chi connectivity index (χ4n) is 1.65. The molecule has 5 heteroatoms. The predicted molar refractivity (Wildman–Crippen MR) is 61.8 cm³/mol. The molecule has 0 aliphatic rings. The minimum atomic E-state index is -1.13. The van der Waals surface area contributed by atoms with E-state index in [0.29, 0.717) is 16.7 Å². The van der Waals surface area contributed by atoms with Crippen molar-refractivity contribution in [1.82, 2.24) is 5.32 Å². The van der Waals surface area contributed by atoms with Crippen LogP contribution in [0.4, 0.5) is 0 Å². The highest BCUT2D eigenvalue weighted by molar-refractivity contribution is 5.83. The van der Waals surface area contributed by atoms with Gasteiger partial charge in [-0.2, -0.15) is 0 Å². The monoisotopic (exact) mass is 237 g/mol. The summed E-state index contributed by atoms with van der Waals surface area (Å²) in [6.45, 7) is 4.62. The van der Waals surface area contributed by atoms with Crippen molar-refractivity contribution in [3.8, 4) is 5.75 Å². The summed E-state index contributed by atoms with van der Waals surface area (Å²) < 4.78 is 0. The van der Waals surface area contributed by atoms with Crippen LogP contribution in [0, 0.1) is 13.8 Å². The van der Waals surface area contributed by atoms with E-state index in [4.69, 9.17) is 5.11 Å². The summed E-state index contributed by atoms with van der Waals surface area (Å²) in [5.74, 6) is -1.41. The Kier molecular flexibility index (Phi) is 3.73. The minimum absolute atomic E-state index is 0.140. The molecule has 0 spiro atoms. The lowest BCUT2D eigenvalue weighted by Crippen LogP contribution is -2.32. The van der Waals surface area contributed by atoms with Gasteiger partial charge in [0.05, 0.1) is 0 Å². The fraction of sp³-hybridized carbons (Fsp3) is 0.333. The van der Waals surface area contributed by atoms with Crippen LogP contribution in [0.5, 0.6) is 5.75 Å². The topological polar surface area (TPSA) is 86.6 Å². The lowest BCUT2D eigenvalue weighted by atomic mass is 10.00. The maximum Gasteiger partial charge on any atom is 0.330 e. The number of carbonyl (C=O) groups excluding carboxylic acids is 1. The third kappa shape index (κ3) is 2.96. The molecule has 0 radical (unpaired) electrons. The van der Waals surface area contributed by atoms with Crippen LogP contribution in [-0.2, 0) is 9.59 Å². The van der Waals surface area contributed by atoms with Gasteiger partial charge in [0, 0.05) is 6.92 Å². The maximum absolute atomic E-state index is 11.1. The van der Waals surface area contributed by atoms with Gasteiger partial charge in [0.15, 0.2) is 6.04 Å². The summed E-state index contributed by atoms with van der Waals surface area (Å²) in [5.41, 5.74) is 1.61. The first-order valence-electron chi connectivity index (χ1n) is 5.13. The van der Waals surface area contributed by atoms with E-state index in [2.05, 4.69) is 5.32 Å². The molecule has 5 nitrogen and oxygen atoms in total. The predicted octanol–water partition coefficient (Wildman–Crippen LogP) is 1.27. The smallest absolute Gasteiger partial charge is 0.330 e. The second-order valence-corrected chi connectivity index (χ2v) is 3.98. The van der Waals surface area contributed by atoms with Crippen molar-refractivity contribution >= 4 is 11.9 Å². The number of phenolic OH excluding ortho intramolecular Hbond substituents is 1. The highest BCUT2D eigenvalue weighted by Crippen LogP contribution is 2.26. The zero-order valence-corrected chi connectivity index (χ0v) is 9.94. The molecule has 0 saturated heterocycles. The van der Waals surface area contributed by atoms with E-state index in [1.807, 2.05) is 0 Å². The van der Waals surface area contributed by atoms with Crippen molar-refractivity contribution in [2.75, 3.05) is 0 Å². The third-order valence-corrected chi connectivity index (χ3v) is 2.44. The molecule has 0 aliphatic carbocycles. The Morgan fingerprint density at radius 2 is 1.71 bits per heavy atom. The SMILES string of the molecule is CC(=O)NC(C(=O)O)c1cc(C)c(O)c(C)c1. The standard InChI is InChI=1S/C12H15NO4/c1-6-4-9(5-7(2)11(6)15)10(12(16)17)13-8(3)14/h4-5,10,15H,1-3H3,(H,13,14)(H,16,17). The van der Waals surface area contributed by atoms with Gasteiger partial charge in [-0.15, -0.1) is 0 Å². The van der Waals surface area contributed by atoms with Gasteiger partial charge in [0.2, 0.25) is 5.91 Å². The Labute approximate surface area is 99.1 Å². The number of aromatic hydroxyl groups is 1. The molecular weight excluding hydrogens is 222 g/mol. The van der Waals surface area contributed by atoms with Crippen molar-refractivity contribution in [2.24, 2.45) is 0 Å². The summed E-state index contributed by atoms with van der Waals surface area (Å²) >= 11 is 0. The zero-order chi connectivity index (χ0) is 13.2. The van der Waals surface area contributed by atoms with Gasteiger partial charge in [-0.05, 0) is 42.7 Å². The molecule has 1 rings (SSSR count). The average Bonchev–Trinajstić information content (AvgIpc) is 2.21. The Morgan fingerprint density at radius 3 is 2.06 bits per heavy atom. The highest BCUT2D eigenvalue weighted by atomic mass is 16.4. The average molecular weight is 237 g/mol. The molecule has 0 bridgehead atoms. The molecule has 0 aromatic heterocycles. The van der Waals surface area contributed by atoms with Crippen molar-refractivity contribution < 1.29 is 19.8 Å². The summed E-state index contributed by atoms with van der Waals surface area (Å²) in [7, 11) is 0. The van der Waals surface area contributed by atoms with Crippen molar-refractivity contribution in [2.45, 2.75) is 26.8 Å². The Balaban J connectivity index is 3.19.